The Labute approximate surface area is 96.4 Å². The Balaban J connectivity index is 2.18. The van der Waals surface area contributed by atoms with Crippen molar-refractivity contribution >= 4 is 11.4 Å². The van der Waals surface area contributed by atoms with E-state index in [2.05, 4.69) is 16.3 Å². The highest BCUT2D eigenvalue weighted by Crippen LogP contribution is 2.25. The Bertz CT molecular complexity index is 348. The van der Waals surface area contributed by atoms with Crippen molar-refractivity contribution in [1.29, 1.82) is 0 Å². The molecule has 0 spiro atoms. The maximum atomic E-state index is 5.87. The van der Waals surface area contributed by atoms with Gasteiger partial charge in [-0.2, -0.15) is 0 Å². The summed E-state index contributed by atoms with van der Waals surface area (Å²) in [6, 6.07) is 5.94. The van der Waals surface area contributed by atoms with E-state index in [-0.39, 0.29) is 0 Å². The number of hydrogen-bond donors (Lipinski definition) is 2. The zero-order valence-electron chi connectivity index (χ0n) is 9.70. The molecule has 0 radical (unpaired) electrons. The normalized spacial score (nSPS) is 16.2. The monoisotopic (exact) mass is 221 g/mol. The average molecular weight is 221 g/mol. The fourth-order valence-electron chi connectivity index (χ4n) is 1.96. The number of rotatable bonds is 3. The van der Waals surface area contributed by atoms with E-state index < -0.39 is 0 Å². The Morgan fingerprint density at radius 3 is 2.75 bits per heavy atom. The summed E-state index contributed by atoms with van der Waals surface area (Å²) in [5.74, 6) is 0.857. The van der Waals surface area contributed by atoms with Crippen LogP contribution in [0.2, 0.25) is 0 Å². The van der Waals surface area contributed by atoms with E-state index in [0.717, 1.165) is 43.3 Å². The smallest absolute Gasteiger partial charge is 0.123 e. The van der Waals surface area contributed by atoms with Gasteiger partial charge in [-0.1, -0.05) is 0 Å². The second kappa shape index (κ2) is 5.07. The third kappa shape index (κ3) is 2.58. The molecule has 1 saturated heterocycles. The van der Waals surface area contributed by atoms with Crippen LogP contribution in [0.25, 0.3) is 0 Å². The van der Waals surface area contributed by atoms with Crippen LogP contribution in [-0.4, -0.2) is 32.8 Å². The molecule has 88 valence electrons. The van der Waals surface area contributed by atoms with Crippen molar-refractivity contribution in [3.05, 3.63) is 18.2 Å². The standard InChI is InChI=1S/C12H19N3O/c1-2-16-12-8-10(13)7-11(9-12)15-5-3-14-4-6-15/h7-9,14H,2-6,13H2,1H3. The first kappa shape index (κ1) is 11.1. The van der Waals surface area contributed by atoms with E-state index in [0.29, 0.717) is 6.61 Å². The first-order valence-electron chi connectivity index (χ1n) is 5.78. The van der Waals surface area contributed by atoms with E-state index in [9.17, 15) is 0 Å². The summed E-state index contributed by atoms with van der Waals surface area (Å²) in [6.45, 7) is 6.75. The molecule has 1 aliphatic rings. The lowest BCUT2D eigenvalue weighted by atomic mass is 10.2. The molecule has 1 aromatic rings. The second-order valence-electron chi connectivity index (χ2n) is 3.93. The Morgan fingerprint density at radius 2 is 2.06 bits per heavy atom. The number of nitrogens with two attached hydrogens (primary N) is 1. The Hall–Kier alpha value is -1.42. The van der Waals surface area contributed by atoms with Crippen LogP contribution in [0.4, 0.5) is 11.4 Å². The molecular weight excluding hydrogens is 202 g/mol. The van der Waals surface area contributed by atoms with Crippen molar-refractivity contribution in [2.24, 2.45) is 0 Å². The van der Waals surface area contributed by atoms with Gasteiger partial charge >= 0.3 is 0 Å². The first-order valence-corrected chi connectivity index (χ1v) is 5.78. The van der Waals surface area contributed by atoms with Crippen molar-refractivity contribution in [2.45, 2.75) is 6.92 Å². The second-order valence-corrected chi connectivity index (χ2v) is 3.93. The molecule has 1 fully saturated rings. The minimum absolute atomic E-state index is 0.671. The van der Waals surface area contributed by atoms with Crippen LogP contribution in [0.3, 0.4) is 0 Å². The molecule has 0 aliphatic carbocycles. The van der Waals surface area contributed by atoms with Gasteiger partial charge < -0.3 is 20.7 Å². The molecule has 4 heteroatoms. The van der Waals surface area contributed by atoms with Crippen LogP contribution in [0.15, 0.2) is 18.2 Å². The molecule has 16 heavy (non-hydrogen) atoms. The number of hydrogen-bond acceptors (Lipinski definition) is 4. The highest BCUT2D eigenvalue weighted by molar-refractivity contribution is 5.60. The lowest BCUT2D eigenvalue weighted by molar-refractivity contribution is 0.340. The molecule has 1 aromatic carbocycles. The van der Waals surface area contributed by atoms with Crippen molar-refractivity contribution < 1.29 is 4.74 Å². The Kier molecular flexibility index (Phi) is 3.51. The van der Waals surface area contributed by atoms with Gasteiger partial charge in [0.05, 0.1) is 6.61 Å². The van der Waals surface area contributed by atoms with Crippen LogP contribution < -0.4 is 20.7 Å². The lowest BCUT2D eigenvalue weighted by Gasteiger charge is -2.29. The molecule has 1 heterocycles. The average Bonchev–Trinajstić information content (AvgIpc) is 2.30. The third-order valence-electron chi connectivity index (χ3n) is 2.71. The summed E-state index contributed by atoms with van der Waals surface area (Å²) in [7, 11) is 0. The molecule has 0 atom stereocenters. The predicted octanol–water partition coefficient (Wildman–Crippen LogP) is 1.08. The van der Waals surface area contributed by atoms with Crippen LogP contribution in [0.1, 0.15) is 6.92 Å². The number of anilines is 2. The highest BCUT2D eigenvalue weighted by atomic mass is 16.5. The molecule has 0 bridgehead atoms. The SMILES string of the molecule is CCOc1cc(N)cc(N2CCNCC2)c1. The summed E-state index contributed by atoms with van der Waals surface area (Å²) >= 11 is 0. The maximum Gasteiger partial charge on any atom is 0.123 e. The van der Waals surface area contributed by atoms with Gasteiger partial charge in [0.1, 0.15) is 5.75 Å². The zero-order chi connectivity index (χ0) is 11.4. The topological polar surface area (TPSA) is 50.5 Å². The number of nitrogens with one attached hydrogen (secondary N) is 1. The van der Waals surface area contributed by atoms with Gasteiger partial charge in [-0.15, -0.1) is 0 Å². The van der Waals surface area contributed by atoms with Crippen molar-refractivity contribution in [3.63, 3.8) is 0 Å². The number of nitrogen functional groups attached to an aromatic ring is 1. The van der Waals surface area contributed by atoms with Crippen molar-refractivity contribution in [1.82, 2.24) is 5.32 Å². The van der Waals surface area contributed by atoms with Gasteiger partial charge in [-0.05, 0) is 13.0 Å². The van der Waals surface area contributed by atoms with Gasteiger partial charge in [0, 0.05) is 49.7 Å². The number of benzene rings is 1. The fourth-order valence-corrected chi connectivity index (χ4v) is 1.96. The number of ether oxygens (including phenoxy) is 1. The van der Waals surface area contributed by atoms with Gasteiger partial charge in [-0.25, -0.2) is 0 Å². The van der Waals surface area contributed by atoms with Crippen molar-refractivity contribution in [3.8, 4) is 5.75 Å². The van der Waals surface area contributed by atoms with E-state index in [1.807, 2.05) is 19.1 Å². The maximum absolute atomic E-state index is 5.87. The minimum atomic E-state index is 0.671. The van der Waals surface area contributed by atoms with Crippen LogP contribution in [0.5, 0.6) is 5.75 Å². The van der Waals surface area contributed by atoms with Gasteiger partial charge in [0.25, 0.3) is 0 Å². The molecule has 4 nitrogen and oxygen atoms in total. The van der Waals surface area contributed by atoms with Crippen LogP contribution in [-0.2, 0) is 0 Å². The number of nitrogens with zero attached hydrogens (tertiary/aromatic N) is 1. The summed E-state index contributed by atoms with van der Waals surface area (Å²) < 4.78 is 5.50. The summed E-state index contributed by atoms with van der Waals surface area (Å²) in [4.78, 5) is 2.33. The first-order chi connectivity index (χ1) is 7.79. The van der Waals surface area contributed by atoms with E-state index in [1.165, 1.54) is 0 Å². The zero-order valence-corrected chi connectivity index (χ0v) is 9.70. The highest BCUT2D eigenvalue weighted by Gasteiger charge is 2.11. The van der Waals surface area contributed by atoms with E-state index in [1.54, 1.807) is 0 Å². The Morgan fingerprint density at radius 1 is 1.31 bits per heavy atom. The predicted molar refractivity (Wildman–Crippen MR) is 67.1 cm³/mol. The minimum Gasteiger partial charge on any atom is -0.494 e. The number of piperazine rings is 1. The molecule has 0 amide bonds. The third-order valence-corrected chi connectivity index (χ3v) is 2.71. The molecule has 1 aliphatic heterocycles. The van der Waals surface area contributed by atoms with E-state index in [4.69, 9.17) is 10.5 Å². The molecule has 0 saturated carbocycles. The van der Waals surface area contributed by atoms with Crippen LogP contribution >= 0.6 is 0 Å². The quantitative estimate of drug-likeness (QED) is 0.750. The molecule has 2 rings (SSSR count). The van der Waals surface area contributed by atoms with Gasteiger partial charge in [0.15, 0.2) is 0 Å². The molecule has 3 N–H and O–H groups in total. The molecule has 0 unspecified atom stereocenters. The summed E-state index contributed by atoms with van der Waals surface area (Å²) in [5, 5.41) is 3.33. The summed E-state index contributed by atoms with van der Waals surface area (Å²) in [5.41, 5.74) is 7.79. The lowest BCUT2D eigenvalue weighted by Crippen LogP contribution is -2.43. The molecule has 0 aromatic heterocycles. The van der Waals surface area contributed by atoms with E-state index >= 15 is 0 Å². The van der Waals surface area contributed by atoms with Crippen molar-refractivity contribution in [2.75, 3.05) is 43.4 Å². The van der Waals surface area contributed by atoms with Gasteiger partial charge in [-0.3, -0.25) is 0 Å². The fraction of sp³-hybridized carbons (Fsp3) is 0.500. The molecular formula is C12H19N3O. The van der Waals surface area contributed by atoms with Gasteiger partial charge in [0.2, 0.25) is 0 Å². The largest absolute Gasteiger partial charge is 0.494 e. The summed E-state index contributed by atoms with van der Waals surface area (Å²) in [6.07, 6.45) is 0. The van der Waals surface area contributed by atoms with Crippen LogP contribution in [0, 0.1) is 0 Å².